The van der Waals surface area contributed by atoms with E-state index >= 15 is 0 Å². The molecule has 52 heavy (non-hydrogen) atoms. The number of benzene rings is 8. The summed E-state index contributed by atoms with van der Waals surface area (Å²) in [6, 6.07) is 64.6. The number of nitrogens with zero attached hydrogens (tertiary/aromatic N) is 2. The van der Waals surface area contributed by atoms with Crippen LogP contribution in [0.1, 0.15) is 11.1 Å². The summed E-state index contributed by atoms with van der Waals surface area (Å²) in [4.78, 5) is 0. The Morgan fingerprint density at radius 3 is 1.35 bits per heavy atom. The van der Waals surface area contributed by atoms with E-state index < -0.39 is 16.2 Å². The normalized spacial score (nSPS) is 11.4. The Kier molecular flexibility index (Phi) is 8.49. The second kappa shape index (κ2) is 13.7. The molecule has 0 bridgehead atoms. The fourth-order valence-electron chi connectivity index (χ4n) is 7.07. The standard InChI is InChI=1S/C46H36N2O2P2/c1-33-17-9-15-27-41(33)47(51(37-21-5-3-6-22-37)38-23-7-4-8-24-38)48(42-28-16-10-18-34(42)2)52-49-43-31-29-35-19-11-13-25-39(35)45(43)46-40-26-14-12-20-36(40)30-32-44(46)50-52/h3-32H,1-2H3. The zero-order chi connectivity index (χ0) is 35.0. The van der Waals surface area contributed by atoms with Crippen molar-refractivity contribution in [3.63, 3.8) is 0 Å². The minimum Gasteiger partial charge on any atom is -0.403 e. The molecule has 1 heterocycles. The van der Waals surface area contributed by atoms with Gasteiger partial charge >= 0.3 is 8.16 Å². The van der Waals surface area contributed by atoms with Gasteiger partial charge in [-0.1, -0.05) is 158 Å². The van der Waals surface area contributed by atoms with Crippen molar-refractivity contribution in [3.8, 4) is 0 Å². The molecule has 0 saturated carbocycles. The van der Waals surface area contributed by atoms with Crippen LogP contribution in [0.2, 0.25) is 0 Å². The van der Waals surface area contributed by atoms with Crippen LogP contribution in [0, 0.1) is 13.8 Å². The van der Waals surface area contributed by atoms with Gasteiger partial charge in [-0.15, -0.1) is 0 Å². The number of hydrogen-bond acceptors (Lipinski definition) is 4. The number of fused-ring (bicyclic) bond motifs is 7. The van der Waals surface area contributed by atoms with Gasteiger partial charge in [0.15, 0.2) is 0 Å². The Balaban J connectivity index is 1.46. The van der Waals surface area contributed by atoms with Gasteiger partial charge in [0, 0.05) is 21.4 Å². The molecule has 0 spiro atoms. The van der Waals surface area contributed by atoms with Crippen LogP contribution in [0.15, 0.2) is 190 Å². The summed E-state index contributed by atoms with van der Waals surface area (Å²) in [6.45, 7) is 4.36. The highest BCUT2D eigenvalue weighted by Gasteiger charge is 2.34. The smallest absolute Gasteiger partial charge is 0.362 e. The van der Waals surface area contributed by atoms with Crippen LogP contribution in [0.3, 0.4) is 0 Å². The molecule has 0 N–H and O–H groups in total. The fraction of sp³-hybridized carbons (Fsp3) is 0.0435. The van der Waals surface area contributed by atoms with Crippen LogP contribution in [0.25, 0.3) is 43.5 Å². The lowest BCUT2D eigenvalue weighted by Gasteiger charge is -2.42. The predicted octanol–water partition coefficient (Wildman–Crippen LogP) is 13.0. The van der Waals surface area contributed by atoms with Gasteiger partial charge in [-0.05, 0) is 70.8 Å². The fourth-order valence-corrected chi connectivity index (χ4v) is 11.3. The maximum Gasteiger partial charge on any atom is 0.362 e. The van der Waals surface area contributed by atoms with Gasteiger partial charge in [0.1, 0.15) is 11.2 Å². The van der Waals surface area contributed by atoms with Gasteiger partial charge in [0.2, 0.25) is 0 Å². The molecule has 1 aromatic heterocycles. The SMILES string of the molecule is Cc1ccccc1N(N(c1ccccc1C)p1oc2ccc3ccccc3c2c2c(ccc3ccccc32)o1)P(c1ccccc1)c1ccccc1. The summed E-state index contributed by atoms with van der Waals surface area (Å²) in [6.07, 6.45) is 0. The lowest BCUT2D eigenvalue weighted by molar-refractivity contribution is 0.634. The molecule has 0 aliphatic rings. The minimum absolute atomic E-state index is 0.798. The van der Waals surface area contributed by atoms with E-state index in [4.69, 9.17) is 8.39 Å². The quantitative estimate of drug-likeness (QED) is 0.122. The summed E-state index contributed by atoms with van der Waals surface area (Å²) >= 11 is 0. The summed E-state index contributed by atoms with van der Waals surface area (Å²) in [5.74, 6) is 0. The molecule has 6 heteroatoms. The number of aryl methyl sites for hydroxylation is 2. The van der Waals surface area contributed by atoms with Crippen molar-refractivity contribution in [1.29, 1.82) is 0 Å². The molecular formula is C46H36N2O2P2. The zero-order valence-corrected chi connectivity index (χ0v) is 30.7. The molecule has 0 atom stereocenters. The van der Waals surface area contributed by atoms with Crippen LogP contribution in [-0.4, -0.2) is 0 Å². The Hall–Kier alpha value is -5.79. The van der Waals surface area contributed by atoms with Gasteiger partial charge in [0.05, 0.1) is 19.4 Å². The van der Waals surface area contributed by atoms with E-state index in [1.807, 2.05) is 0 Å². The van der Waals surface area contributed by atoms with Gasteiger partial charge < -0.3 is 8.39 Å². The highest BCUT2D eigenvalue weighted by atomic mass is 31.1. The molecule has 0 fully saturated rings. The first-order valence-corrected chi connectivity index (χ1v) is 19.9. The van der Waals surface area contributed by atoms with Crippen molar-refractivity contribution < 1.29 is 8.39 Å². The number of anilines is 2. The van der Waals surface area contributed by atoms with Crippen LogP contribution in [-0.2, 0) is 0 Å². The predicted molar refractivity (Wildman–Crippen MR) is 223 cm³/mol. The largest absolute Gasteiger partial charge is 0.403 e. The number of hydrogen-bond donors (Lipinski definition) is 0. The van der Waals surface area contributed by atoms with E-state index in [2.05, 4.69) is 205 Å². The summed E-state index contributed by atoms with van der Waals surface area (Å²) in [5.41, 5.74) is 5.97. The highest BCUT2D eigenvalue weighted by Crippen LogP contribution is 2.53. The van der Waals surface area contributed by atoms with E-state index in [0.717, 1.165) is 66.0 Å². The number of para-hydroxylation sites is 2. The molecule has 0 unspecified atom stereocenters. The van der Waals surface area contributed by atoms with E-state index in [1.165, 1.54) is 10.6 Å². The molecule has 0 amide bonds. The van der Waals surface area contributed by atoms with Crippen molar-refractivity contribution in [2.75, 3.05) is 9.56 Å². The zero-order valence-electron chi connectivity index (χ0n) is 28.9. The Labute approximate surface area is 305 Å². The topological polar surface area (TPSA) is 32.8 Å². The van der Waals surface area contributed by atoms with Crippen molar-refractivity contribution >= 4 is 81.7 Å². The third-order valence-electron chi connectivity index (χ3n) is 9.57. The number of hydrazine groups is 1. The minimum atomic E-state index is -1.85. The maximum atomic E-state index is 7.37. The summed E-state index contributed by atoms with van der Waals surface area (Å²) in [5, 5.41) is 9.11. The van der Waals surface area contributed by atoms with Crippen LogP contribution in [0.4, 0.5) is 11.4 Å². The molecule has 0 radical (unpaired) electrons. The molecule has 9 aromatic rings. The first-order valence-electron chi connectivity index (χ1n) is 17.5. The molecule has 8 aromatic carbocycles. The highest BCUT2D eigenvalue weighted by molar-refractivity contribution is 7.75. The molecule has 4 nitrogen and oxygen atoms in total. The van der Waals surface area contributed by atoms with Crippen LogP contribution in [0.5, 0.6) is 0 Å². The van der Waals surface area contributed by atoms with Crippen LogP contribution >= 0.6 is 16.2 Å². The maximum absolute atomic E-state index is 7.37. The Morgan fingerprint density at radius 1 is 0.423 bits per heavy atom. The van der Waals surface area contributed by atoms with Crippen molar-refractivity contribution in [3.05, 3.63) is 193 Å². The molecule has 0 saturated heterocycles. The van der Waals surface area contributed by atoms with E-state index in [1.54, 1.807) is 0 Å². The van der Waals surface area contributed by atoms with Gasteiger partial charge in [0.25, 0.3) is 0 Å². The van der Waals surface area contributed by atoms with Gasteiger partial charge in [-0.25, -0.2) is 4.78 Å². The van der Waals surface area contributed by atoms with E-state index in [-0.39, 0.29) is 0 Å². The van der Waals surface area contributed by atoms with Gasteiger partial charge in [-0.2, -0.15) is 4.78 Å². The lowest BCUT2D eigenvalue weighted by Crippen LogP contribution is -2.40. The van der Waals surface area contributed by atoms with E-state index in [0.29, 0.717) is 0 Å². The van der Waals surface area contributed by atoms with Crippen molar-refractivity contribution in [1.82, 2.24) is 0 Å². The Morgan fingerprint density at radius 2 is 0.846 bits per heavy atom. The molecule has 0 aliphatic carbocycles. The van der Waals surface area contributed by atoms with Crippen LogP contribution < -0.4 is 20.2 Å². The number of rotatable bonds is 7. The summed E-state index contributed by atoms with van der Waals surface area (Å²) in [7, 11) is -3.04. The Bertz CT molecular complexity index is 2610. The molecule has 252 valence electrons. The van der Waals surface area contributed by atoms with Crippen molar-refractivity contribution in [2.24, 2.45) is 0 Å². The first kappa shape index (κ1) is 32.1. The third-order valence-corrected chi connectivity index (χ3v) is 13.5. The average molecular weight is 711 g/mol. The lowest BCUT2D eigenvalue weighted by atomic mass is 9.99. The summed E-state index contributed by atoms with van der Waals surface area (Å²) < 4.78 is 19.5. The monoisotopic (exact) mass is 710 g/mol. The second-order valence-corrected chi connectivity index (χ2v) is 16.1. The van der Waals surface area contributed by atoms with E-state index in [9.17, 15) is 0 Å². The average Bonchev–Trinajstić information content (AvgIpc) is 3.37. The van der Waals surface area contributed by atoms with Crippen molar-refractivity contribution in [2.45, 2.75) is 13.8 Å². The molecule has 9 rings (SSSR count). The first-order chi connectivity index (χ1) is 25.7. The molecular weight excluding hydrogens is 674 g/mol. The molecule has 0 aliphatic heterocycles. The third kappa shape index (κ3) is 5.71. The second-order valence-electron chi connectivity index (χ2n) is 12.9. The van der Waals surface area contributed by atoms with Gasteiger partial charge in [-0.3, -0.25) is 0 Å².